The average Bonchev–Trinajstić information content (AvgIpc) is 2.88. The van der Waals surface area contributed by atoms with Gasteiger partial charge in [-0.15, -0.1) is 5.10 Å². The molecule has 0 N–H and O–H groups in total. The first-order valence-corrected chi connectivity index (χ1v) is 6.46. The summed E-state index contributed by atoms with van der Waals surface area (Å²) in [6.07, 6.45) is 5.49. The smallest absolute Gasteiger partial charge is 0.131 e. The Hall–Kier alpha value is -2.04. The fourth-order valence-corrected chi connectivity index (χ4v) is 2.10. The predicted octanol–water partition coefficient (Wildman–Crippen LogP) is 2.20. The monoisotopic (exact) mass is 258 g/mol. The molecule has 2 heterocycles. The van der Waals surface area contributed by atoms with Gasteiger partial charge in [-0.2, -0.15) is 0 Å². The maximum atomic E-state index is 10.6. The number of rotatable bonds is 6. The number of carbonyl (C=O) groups is 1. The van der Waals surface area contributed by atoms with E-state index in [0.717, 1.165) is 30.6 Å². The highest BCUT2D eigenvalue weighted by Gasteiger charge is 2.11. The fourth-order valence-electron chi connectivity index (χ4n) is 2.10. The van der Waals surface area contributed by atoms with Gasteiger partial charge in [-0.05, 0) is 24.5 Å². The maximum absolute atomic E-state index is 10.6. The van der Waals surface area contributed by atoms with E-state index in [-0.39, 0.29) is 5.92 Å². The summed E-state index contributed by atoms with van der Waals surface area (Å²) in [4.78, 5) is 14.9. The van der Waals surface area contributed by atoms with Gasteiger partial charge in [-0.1, -0.05) is 25.1 Å². The number of nitrogens with zero attached hydrogens (tertiary/aromatic N) is 4. The Bertz CT molecular complexity index is 523. The van der Waals surface area contributed by atoms with E-state index in [1.165, 1.54) is 0 Å². The highest BCUT2D eigenvalue weighted by Crippen LogP contribution is 2.15. The first kappa shape index (κ1) is 13.4. The summed E-state index contributed by atoms with van der Waals surface area (Å²) in [5.74, 6) is 0.479. The van der Waals surface area contributed by atoms with Crippen molar-refractivity contribution < 1.29 is 4.79 Å². The molecule has 2 unspecified atom stereocenters. The molecule has 19 heavy (non-hydrogen) atoms. The lowest BCUT2D eigenvalue weighted by Gasteiger charge is -2.12. The van der Waals surface area contributed by atoms with E-state index >= 15 is 0 Å². The molecule has 0 fully saturated rings. The zero-order chi connectivity index (χ0) is 13.7. The number of aromatic nitrogens is 4. The van der Waals surface area contributed by atoms with E-state index in [4.69, 9.17) is 0 Å². The van der Waals surface area contributed by atoms with Gasteiger partial charge >= 0.3 is 0 Å². The van der Waals surface area contributed by atoms with Gasteiger partial charge in [0.1, 0.15) is 12.0 Å². The Morgan fingerprint density at radius 2 is 2.16 bits per heavy atom. The molecule has 0 aliphatic heterocycles. The molecule has 5 heteroatoms. The number of carbonyl (C=O) groups excluding carboxylic acids is 1. The van der Waals surface area contributed by atoms with Crippen molar-refractivity contribution in [3.05, 3.63) is 30.6 Å². The van der Waals surface area contributed by atoms with Gasteiger partial charge in [0, 0.05) is 18.7 Å². The summed E-state index contributed by atoms with van der Waals surface area (Å²) < 4.78 is 1.81. The van der Waals surface area contributed by atoms with Crippen molar-refractivity contribution in [3.8, 4) is 11.4 Å². The first-order valence-electron chi connectivity index (χ1n) is 6.46. The average molecular weight is 258 g/mol. The molecule has 2 aromatic rings. The van der Waals surface area contributed by atoms with Crippen LogP contribution >= 0.6 is 0 Å². The topological polar surface area (TPSA) is 60.7 Å². The lowest BCUT2D eigenvalue weighted by Crippen LogP contribution is -2.12. The summed E-state index contributed by atoms with van der Waals surface area (Å²) in [5.41, 5.74) is 1.60. The van der Waals surface area contributed by atoms with Crippen LogP contribution in [-0.2, 0) is 11.3 Å². The summed E-state index contributed by atoms with van der Waals surface area (Å²) in [6, 6.07) is 5.71. The normalized spacial score (nSPS) is 14.0. The van der Waals surface area contributed by atoms with E-state index in [2.05, 4.69) is 22.2 Å². The zero-order valence-electron chi connectivity index (χ0n) is 11.2. The van der Waals surface area contributed by atoms with Crippen LogP contribution in [0, 0.1) is 11.8 Å². The van der Waals surface area contributed by atoms with Crippen molar-refractivity contribution in [1.82, 2.24) is 20.0 Å². The summed E-state index contributed by atoms with van der Waals surface area (Å²) in [6.45, 7) is 4.81. The molecule has 5 nitrogen and oxygen atoms in total. The van der Waals surface area contributed by atoms with Gasteiger partial charge in [0.05, 0.1) is 11.9 Å². The number of hydrogen-bond acceptors (Lipinski definition) is 4. The van der Waals surface area contributed by atoms with Gasteiger partial charge in [0.15, 0.2) is 0 Å². The van der Waals surface area contributed by atoms with Crippen LogP contribution in [-0.4, -0.2) is 26.3 Å². The quantitative estimate of drug-likeness (QED) is 0.745. The van der Waals surface area contributed by atoms with Crippen molar-refractivity contribution in [3.63, 3.8) is 0 Å². The van der Waals surface area contributed by atoms with Crippen molar-refractivity contribution in [2.75, 3.05) is 0 Å². The zero-order valence-corrected chi connectivity index (χ0v) is 11.2. The molecule has 2 rings (SSSR count). The third-order valence-electron chi connectivity index (χ3n) is 2.97. The molecule has 100 valence electrons. The third-order valence-corrected chi connectivity index (χ3v) is 2.97. The molecule has 0 aliphatic rings. The van der Waals surface area contributed by atoms with Gasteiger partial charge in [-0.25, -0.2) is 0 Å². The van der Waals surface area contributed by atoms with Crippen molar-refractivity contribution in [1.29, 1.82) is 0 Å². The summed E-state index contributed by atoms with van der Waals surface area (Å²) >= 11 is 0. The third kappa shape index (κ3) is 3.71. The number of pyridine rings is 1. The van der Waals surface area contributed by atoms with E-state index in [1.807, 2.05) is 36.0 Å². The Morgan fingerprint density at radius 1 is 1.32 bits per heavy atom. The second-order valence-corrected chi connectivity index (χ2v) is 5.00. The van der Waals surface area contributed by atoms with E-state index in [0.29, 0.717) is 5.92 Å². The minimum atomic E-state index is 0.0915. The molecular formula is C14H18N4O. The first-order chi connectivity index (χ1) is 9.19. The predicted molar refractivity (Wildman–Crippen MR) is 72.3 cm³/mol. The van der Waals surface area contributed by atoms with E-state index in [9.17, 15) is 4.79 Å². The molecular weight excluding hydrogens is 240 g/mol. The van der Waals surface area contributed by atoms with Gasteiger partial charge in [0.25, 0.3) is 0 Å². The SMILES string of the molecule is CC(C=O)CC(C)Cn1cc(-c2ccccn2)nn1. The van der Waals surface area contributed by atoms with Crippen LogP contribution in [0.2, 0.25) is 0 Å². The van der Waals surface area contributed by atoms with Crippen LogP contribution in [0.1, 0.15) is 20.3 Å². The highest BCUT2D eigenvalue weighted by molar-refractivity contribution is 5.52. The van der Waals surface area contributed by atoms with Crippen molar-refractivity contribution >= 4 is 6.29 Å². The minimum absolute atomic E-state index is 0.0915. The molecule has 0 saturated heterocycles. The van der Waals surface area contributed by atoms with Crippen LogP contribution in [0.25, 0.3) is 11.4 Å². The van der Waals surface area contributed by atoms with Gasteiger partial charge in [0.2, 0.25) is 0 Å². The van der Waals surface area contributed by atoms with Crippen LogP contribution < -0.4 is 0 Å². The van der Waals surface area contributed by atoms with Crippen molar-refractivity contribution in [2.45, 2.75) is 26.8 Å². The fraction of sp³-hybridized carbons (Fsp3) is 0.429. The second kappa shape index (κ2) is 6.22. The highest BCUT2D eigenvalue weighted by atomic mass is 16.1. The lowest BCUT2D eigenvalue weighted by molar-refractivity contribution is -0.111. The standard InChI is InChI=1S/C14H18N4O/c1-11(7-12(2)10-19)8-18-9-14(16-17-18)13-5-3-4-6-15-13/h3-6,9-12H,7-8H2,1-2H3. The van der Waals surface area contributed by atoms with Crippen molar-refractivity contribution in [2.24, 2.45) is 11.8 Å². The summed E-state index contributed by atoms with van der Waals surface area (Å²) in [5, 5.41) is 8.22. The molecule has 2 atom stereocenters. The van der Waals surface area contributed by atoms with Gasteiger partial charge in [-0.3, -0.25) is 9.67 Å². The lowest BCUT2D eigenvalue weighted by atomic mass is 9.99. The molecule has 2 aromatic heterocycles. The van der Waals surface area contributed by atoms with Crippen LogP contribution in [0.3, 0.4) is 0 Å². The summed E-state index contributed by atoms with van der Waals surface area (Å²) in [7, 11) is 0. The Kier molecular flexibility index (Phi) is 4.39. The Morgan fingerprint density at radius 3 is 2.84 bits per heavy atom. The van der Waals surface area contributed by atoms with Crippen LogP contribution in [0.5, 0.6) is 0 Å². The number of aldehydes is 1. The Balaban J connectivity index is 2.00. The molecule has 0 aliphatic carbocycles. The van der Waals surface area contributed by atoms with Gasteiger partial charge < -0.3 is 4.79 Å². The molecule has 0 amide bonds. The number of hydrogen-bond donors (Lipinski definition) is 0. The largest absolute Gasteiger partial charge is 0.303 e. The molecule has 0 saturated carbocycles. The minimum Gasteiger partial charge on any atom is -0.303 e. The second-order valence-electron chi connectivity index (χ2n) is 5.00. The van der Waals surface area contributed by atoms with Crippen LogP contribution in [0.15, 0.2) is 30.6 Å². The molecule has 0 bridgehead atoms. The molecule has 0 spiro atoms. The maximum Gasteiger partial charge on any atom is 0.131 e. The van der Waals surface area contributed by atoms with E-state index < -0.39 is 0 Å². The molecule has 0 radical (unpaired) electrons. The molecule has 0 aromatic carbocycles. The van der Waals surface area contributed by atoms with E-state index in [1.54, 1.807) is 6.20 Å². The van der Waals surface area contributed by atoms with Crippen LogP contribution in [0.4, 0.5) is 0 Å². The Labute approximate surface area is 112 Å².